The summed E-state index contributed by atoms with van der Waals surface area (Å²) in [6.07, 6.45) is 0. The summed E-state index contributed by atoms with van der Waals surface area (Å²) in [5, 5.41) is 13.0. The molecule has 4 aromatic rings. The lowest BCUT2D eigenvalue weighted by atomic mass is 9.96. The van der Waals surface area contributed by atoms with E-state index in [1.807, 2.05) is 42.5 Å². The van der Waals surface area contributed by atoms with Crippen LogP contribution >= 0.6 is 22.7 Å². The smallest absolute Gasteiger partial charge is 0.296 e. The van der Waals surface area contributed by atoms with Crippen molar-refractivity contribution in [2.75, 3.05) is 12.0 Å². The Kier molecular flexibility index (Phi) is 4.80. The summed E-state index contributed by atoms with van der Waals surface area (Å²) in [5.41, 5.74) is 1.49. The fourth-order valence-corrected chi connectivity index (χ4v) is 5.35. The van der Waals surface area contributed by atoms with Crippen molar-refractivity contribution in [3.8, 4) is 5.75 Å². The molecule has 1 amide bonds. The van der Waals surface area contributed by atoms with E-state index < -0.39 is 17.7 Å². The third-order valence-electron chi connectivity index (χ3n) is 5.10. The number of rotatable bonds is 5. The Morgan fingerprint density at radius 3 is 2.65 bits per heavy atom. The number of hydrogen-bond donors (Lipinski definition) is 1. The van der Waals surface area contributed by atoms with Crippen molar-refractivity contribution in [1.29, 1.82) is 0 Å². The third-order valence-corrected chi connectivity index (χ3v) is 6.99. The predicted molar refractivity (Wildman–Crippen MR) is 121 cm³/mol. The van der Waals surface area contributed by atoms with Gasteiger partial charge in [-0.1, -0.05) is 47.7 Å². The summed E-state index contributed by atoms with van der Waals surface area (Å²) in [6, 6.07) is 17.3. The number of thiazole rings is 1. The Balaban J connectivity index is 1.66. The Hall–Kier alpha value is -3.49. The summed E-state index contributed by atoms with van der Waals surface area (Å²) < 4.78 is 6.12. The molecular formula is C23H16N2O4S2. The van der Waals surface area contributed by atoms with E-state index in [0.717, 1.165) is 10.3 Å². The minimum Gasteiger partial charge on any atom is -0.503 e. The lowest BCUT2D eigenvalue weighted by Crippen LogP contribution is -2.30. The number of thiophene rings is 1. The maximum atomic E-state index is 13.3. The number of Topliss-reactive ketones (excluding diaryl/α,β-unsaturated/α-hetero) is 1. The first-order chi connectivity index (χ1) is 15.1. The largest absolute Gasteiger partial charge is 0.503 e. The number of ether oxygens (including phenoxy) is 1. The molecule has 1 N–H and O–H groups in total. The van der Waals surface area contributed by atoms with Gasteiger partial charge in [-0.15, -0.1) is 11.3 Å². The van der Waals surface area contributed by atoms with Gasteiger partial charge in [0.05, 0.1) is 33.8 Å². The van der Waals surface area contributed by atoms with Gasteiger partial charge in [0, 0.05) is 0 Å². The molecule has 6 nitrogen and oxygen atoms in total. The molecule has 154 valence electrons. The Morgan fingerprint density at radius 1 is 1.13 bits per heavy atom. The van der Waals surface area contributed by atoms with Crippen LogP contribution in [0.2, 0.25) is 0 Å². The van der Waals surface area contributed by atoms with Crippen LogP contribution in [-0.4, -0.2) is 28.9 Å². The van der Waals surface area contributed by atoms with Gasteiger partial charge in [0.1, 0.15) is 5.75 Å². The number of fused-ring (bicyclic) bond motifs is 1. The second-order valence-electron chi connectivity index (χ2n) is 6.89. The van der Waals surface area contributed by atoms with Gasteiger partial charge in [-0.3, -0.25) is 14.5 Å². The number of ketones is 1. The number of methoxy groups -OCH3 is 1. The third kappa shape index (κ3) is 3.20. The maximum Gasteiger partial charge on any atom is 0.296 e. The highest BCUT2D eigenvalue weighted by Gasteiger charge is 2.46. The van der Waals surface area contributed by atoms with Crippen molar-refractivity contribution in [2.45, 2.75) is 6.04 Å². The first kappa shape index (κ1) is 19.5. The number of carbonyl (C=O) groups excluding carboxylic acids is 2. The predicted octanol–water partition coefficient (Wildman–Crippen LogP) is 5.15. The van der Waals surface area contributed by atoms with Crippen LogP contribution in [0.25, 0.3) is 10.2 Å². The van der Waals surface area contributed by atoms with Gasteiger partial charge in [0.25, 0.3) is 5.91 Å². The molecule has 0 bridgehead atoms. The number of anilines is 1. The topological polar surface area (TPSA) is 79.7 Å². The van der Waals surface area contributed by atoms with Crippen LogP contribution in [0.1, 0.15) is 21.3 Å². The van der Waals surface area contributed by atoms with Crippen LogP contribution < -0.4 is 9.64 Å². The number of benzene rings is 2. The summed E-state index contributed by atoms with van der Waals surface area (Å²) in [4.78, 5) is 32.9. The van der Waals surface area contributed by atoms with Crippen LogP contribution in [0.4, 0.5) is 5.13 Å². The zero-order valence-electron chi connectivity index (χ0n) is 16.3. The molecule has 5 rings (SSSR count). The fourth-order valence-electron chi connectivity index (χ4n) is 3.65. The number of aliphatic hydroxyl groups excluding tert-OH is 1. The molecule has 31 heavy (non-hydrogen) atoms. The van der Waals surface area contributed by atoms with Crippen LogP contribution in [0.15, 0.2) is 77.4 Å². The maximum absolute atomic E-state index is 13.3. The number of aromatic nitrogens is 1. The lowest BCUT2D eigenvalue weighted by molar-refractivity contribution is -0.117. The number of amides is 1. The first-order valence-corrected chi connectivity index (χ1v) is 11.1. The molecule has 0 aliphatic carbocycles. The van der Waals surface area contributed by atoms with Gasteiger partial charge in [-0.25, -0.2) is 4.98 Å². The summed E-state index contributed by atoms with van der Waals surface area (Å²) >= 11 is 2.58. The summed E-state index contributed by atoms with van der Waals surface area (Å²) in [7, 11) is 1.59. The number of hydrogen-bond acceptors (Lipinski definition) is 7. The van der Waals surface area contributed by atoms with Crippen molar-refractivity contribution in [3.05, 3.63) is 87.8 Å². The Labute approximate surface area is 185 Å². The van der Waals surface area contributed by atoms with Crippen LogP contribution in [-0.2, 0) is 4.79 Å². The highest BCUT2D eigenvalue weighted by Crippen LogP contribution is 2.44. The highest BCUT2D eigenvalue weighted by molar-refractivity contribution is 7.22. The standard InChI is InChI=1S/C23H16N2O4S2/c1-29-14-9-10-15-17(12-14)31-23(24-15)25-19(13-6-3-2-4-7-13)18(21(27)22(25)28)20(26)16-8-5-11-30-16/h2-12,19,27H,1H3/t19-/m1/s1. The van der Waals surface area contributed by atoms with E-state index in [0.29, 0.717) is 21.3 Å². The van der Waals surface area contributed by atoms with Crippen LogP contribution in [0.5, 0.6) is 5.75 Å². The molecule has 3 heterocycles. The molecule has 0 fully saturated rings. The highest BCUT2D eigenvalue weighted by atomic mass is 32.1. The number of nitrogens with zero attached hydrogens (tertiary/aromatic N) is 2. The van der Waals surface area contributed by atoms with Gasteiger partial charge in [-0.05, 0) is 35.2 Å². The molecule has 0 saturated carbocycles. The van der Waals surface area contributed by atoms with Gasteiger partial charge in [-0.2, -0.15) is 0 Å². The minimum atomic E-state index is -0.772. The quantitative estimate of drug-likeness (QED) is 0.427. The average molecular weight is 449 g/mol. The molecule has 1 atom stereocenters. The average Bonchev–Trinajstić information content (AvgIpc) is 3.52. The summed E-state index contributed by atoms with van der Waals surface area (Å²) in [5.74, 6) is -0.853. The van der Waals surface area contributed by atoms with Crippen molar-refractivity contribution >= 4 is 49.7 Å². The molecule has 0 saturated heterocycles. The van der Waals surface area contributed by atoms with E-state index in [1.165, 1.54) is 27.6 Å². The molecular weight excluding hydrogens is 432 g/mol. The Morgan fingerprint density at radius 2 is 1.94 bits per heavy atom. The SMILES string of the molecule is COc1ccc2nc(N3C(=O)C(O)=C(C(=O)c4cccs4)[C@H]3c3ccccc3)sc2c1. The molecule has 0 radical (unpaired) electrons. The fraction of sp³-hybridized carbons (Fsp3) is 0.0870. The van der Waals surface area contributed by atoms with Gasteiger partial charge < -0.3 is 9.84 Å². The van der Waals surface area contributed by atoms with Crippen molar-refractivity contribution in [2.24, 2.45) is 0 Å². The number of carbonyl (C=O) groups is 2. The van der Waals surface area contributed by atoms with Gasteiger partial charge in [0.15, 0.2) is 10.9 Å². The van der Waals surface area contributed by atoms with Crippen LogP contribution in [0.3, 0.4) is 0 Å². The van der Waals surface area contributed by atoms with Gasteiger partial charge in [0.2, 0.25) is 5.78 Å². The minimum absolute atomic E-state index is 0.0653. The van der Waals surface area contributed by atoms with E-state index in [1.54, 1.807) is 30.7 Å². The molecule has 0 unspecified atom stereocenters. The van der Waals surface area contributed by atoms with E-state index in [9.17, 15) is 14.7 Å². The molecule has 2 aromatic carbocycles. The van der Waals surface area contributed by atoms with E-state index in [4.69, 9.17) is 4.74 Å². The van der Waals surface area contributed by atoms with E-state index in [-0.39, 0.29) is 11.4 Å². The van der Waals surface area contributed by atoms with Gasteiger partial charge >= 0.3 is 0 Å². The molecule has 0 spiro atoms. The second-order valence-corrected chi connectivity index (χ2v) is 8.84. The van der Waals surface area contributed by atoms with Crippen molar-refractivity contribution in [1.82, 2.24) is 4.98 Å². The molecule has 1 aliphatic heterocycles. The first-order valence-electron chi connectivity index (χ1n) is 9.43. The summed E-state index contributed by atoms with van der Waals surface area (Å²) in [6.45, 7) is 0. The molecule has 8 heteroatoms. The van der Waals surface area contributed by atoms with Crippen LogP contribution in [0, 0.1) is 0 Å². The lowest BCUT2D eigenvalue weighted by Gasteiger charge is -2.24. The normalized spacial score (nSPS) is 16.4. The zero-order chi connectivity index (χ0) is 21.5. The van der Waals surface area contributed by atoms with E-state index in [2.05, 4.69) is 4.98 Å². The van der Waals surface area contributed by atoms with Crippen molar-refractivity contribution in [3.63, 3.8) is 0 Å². The Bertz CT molecular complexity index is 1330. The molecule has 1 aliphatic rings. The molecule has 2 aromatic heterocycles. The second kappa shape index (κ2) is 7.64. The number of aliphatic hydroxyl groups is 1. The van der Waals surface area contributed by atoms with E-state index >= 15 is 0 Å². The monoisotopic (exact) mass is 448 g/mol. The zero-order valence-corrected chi connectivity index (χ0v) is 17.9. The van der Waals surface area contributed by atoms with Crippen molar-refractivity contribution < 1.29 is 19.4 Å².